The number of ether oxygens (including phenoxy) is 1. The van der Waals surface area contributed by atoms with Crippen LogP contribution in [0.3, 0.4) is 0 Å². The zero-order chi connectivity index (χ0) is 20.4. The average Bonchev–Trinajstić information content (AvgIpc) is 2.94. The van der Waals surface area contributed by atoms with Crippen LogP contribution in [0.5, 0.6) is 0 Å². The van der Waals surface area contributed by atoms with Crippen LogP contribution in [0.15, 0.2) is 48.5 Å². The molecule has 1 heterocycles. The fraction of sp³-hybridized carbons (Fsp3) is 0.409. The van der Waals surface area contributed by atoms with Gasteiger partial charge in [0.1, 0.15) is 6.61 Å². The van der Waals surface area contributed by atoms with E-state index in [2.05, 4.69) is 0 Å². The smallest absolute Gasteiger partial charge is 0.417 e. The molecule has 29 heavy (non-hydrogen) atoms. The van der Waals surface area contributed by atoms with Gasteiger partial charge in [0.15, 0.2) is 5.60 Å². The number of halogens is 3. The van der Waals surface area contributed by atoms with E-state index >= 15 is 0 Å². The molecule has 2 fully saturated rings. The van der Waals surface area contributed by atoms with E-state index in [1.807, 2.05) is 48.5 Å². The average molecular weight is 403 g/mol. The molecule has 5 rings (SSSR count). The molecule has 1 aliphatic heterocycles. The van der Waals surface area contributed by atoms with Gasteiger partial charge in [-0.05, 0) is 35.1 Å². The first-order chi connectivity index (χ1) is 13.7. The Morgan fingerprint density at radius 2 is 1.55 bits per heavy atom. The van der Waals surface area contributed by atoms with Gasteiger partial charge in [-0.3, -0.25) is 0 Å². The Balaban J connectivity index is 1.21. The van der Waals surface area contributed by atoms with Gasteiger partial charge >= 0.3 is 12.3 Å². The van der Waals surface area contributed by atoms with Crippen LogP contribution in [-0.4, -0.2) is 47.6 Å². The summed E-state index contributed by atoms with van der Waals surface area (Å²) in [6.45, 7) is 0.576. The third kappa shape index (κ3) is 2.74. The molecule has 1 N–H and O–H groups in total. The lowest BCUT2D eigenvalue weighted by Gasteiger charge is -2.61. The molecule has 0 radical (unpaired) electrons. The van der Waals surface area contributed by atoms with Crippen molar-refractivity contribution in [2.75, 3.05) is 19.7 Å². The van der Waals surface area contributed by atoms with Gasteiger partial charge in [0.05, 0.1) is 0 Å². The number of rotatable bonds is 2. The van der Waals surface area contributed by atoms with Gasteiger partial charge in [-0.1, -0.05) is 48.5 Å². The number of likely N-dealkylation sites (tertiary alicyclic amines) is 1. The van der Waals surface area contributed by atoms with E-state index in [9.17, 15) is 23.1 Å². The minimum atomic E-state index is -4.62. The molecule has 3 aliphatic rings. The predicted octanol–water partition coefficient (Wildman–Crippen LogP) is 4.32. The van der Waals surface area contributed by atoms with E-state index in [0.29, 0.717) is 0 Å². The lowest BCUT2D eigenvalue weighted by Crippen LogP contribution is -2.72. The van der Waals surface area contributed by atoms with Gasteiger partial charge < -0.3 is 14.7 Å². The summed E-state index contributed by atoms with van der Waals surface area (Å²) in [5.74, 6) is -0.0550. The highest BCUT2D eigenvalue weighted by Crippen LogP contribution is 2.59. The van der Waals surface area contributed by atoms with Crippen LogP contribution < -0.4 is 0 Å². The Hall–Kier alpha value is -2.54. The molecule has 1 amide bonds. The first-order valence-electron chi connectivity index (χ1n) is 9.61. The molecule has 4 nitrogen and oxygen atoms in total. The zero-order valence-corrected chi connectivity index (χ0v) is 15.6. The summed E-state index contributed by atoms with van der Waals surface area (Å²) in [6.07, 6.45) is -5.84. The lowest BCUT2D eigenvalue weighted by molar-refractivity contribution is -0.329. The van der Waals surface area contributed by atoms with Crippen LogP contribution in [0, 0.1) is 5.41 Å². The highest BCUT2D eigenvalue weighted by Gasteiger charge is 2.70. The Morgan fingerprint density at radius 1 is 1.03 bits per heavy atom. The Labute approximate surface area is 165 Å². The van der Waals surface area contributed by atoms with Gasteiger partial charge in [-0.15, -0.1) is 0 Å². The quantitative estimate of drug-likeness (QED) is 0.812. The number of carbonyl (C=O) groups excluding carboxylic acids is 1. The lowest BCUT2D eigenvalue weighted by atomic mass is 9.55. The molecule has 2 aliphatic carbocycles. The highest BCUT2D eigenvalue weighted by atomic mass is 19.4. The van der Waals surface area contributed by atoms with Crippen molar-refractivity contribution in [1.29, 1.82) is 0 Å². The molecule has 1 saturated carbocycles. The molecule has 0 atom stereocenters. The number of hydrogen-bond acceptors (Lipinski definition) is 3. The van der Waals surface area contributed by atoms with Crippen LogP contribution in [0.4, 0.5) is 18.0 Å². The van der Waals surface area contributed by atoms with Crippen LogP contribution in [0.2, 0.25) is 0 Å². The summed E-state index contributed by atoms with van der Waals surface area (Å²) in [5, 5.41) is 9.65. The van der Waals surface area contributed by atoms with Crippen LogP contribution in [0.1, 0.15) is 29.9 Å². The maximum absolute atomic E-state index is 12.8. The number of carbonyl (C=O) groups is 1. The van der Waals surface area contributed by atoms with E-state index in [0.717, 1.165) is 22.3 Å². The number of alkyl halides is 3. The molecule has 2 aromatic rings. The summed E-state index contributed by atoms with van der Waals surface area (Å²) >= 11 is 0. The van der Waals surface area contributed by atoms with Crippen molar-refractivity contribution in [2.45, 2.75) is 30.5 Å². The normalized spacial score (nSPS) is 21.2. The van der Waals surface area contributed by atoms with Crippen molar-refractivity contribution in [3.8, 4) is 11.1 Å². The van der Waals surface area contributed by atoms with Crippen molar-refractivity contribution in [1.82, 2.24) is 4.90 Å². The van der Waals surface area contributed by atoms with Crippen LogP contribution in [-0.2, 0) is 4.74 Å². The van der Waals surface area contributed by atoms with Crippen molar-refractivity contribution in [2.24, 2.45) is 5.41 Å². The fourth-order valence-electron chi connectivity index (χ4n) is 5.19. The largest absolute Gasteiger partial charge is 0.448 e. The molecule has 0 bridgehead atoms. The molecular formula is C22H20F3NO3. The summed E-state index contributed by atoms with van der Waals surface area (Å²) in [5.41, 5.74) is 1.24. The van der Waals surface area contributed by atoms with Crippen molar-refractivity contribution in [3.05, 3.63) is 59.7 Å². The number of aliphatic hydroxyl groups is 1. The molecule has 7 heteroatoms. The van der Waals surface area contributed by atoms with Crippen LogP contribution >= 0.6 is 0 Å². The summed E-state index contributed by atoms with van der Waals surface area (Å²) < 4.78 is 44.0. The number of fused-ring (bicyclic) bond motifs is 3. The predicted molar refractivity (Wildman–Crippen MR) is 99.3 cm³/mol. The Kier molecular flexibility index (Phi) is 3.81. The minimum Gasteiger partial charge on any atom is -0.448 e. The molecule has 0 aromatic heterocycles. The molecule has 2 aromatic carbocycles. The maximum atomic E-state index is 12.8. The SMILES string of the molecule is O=C(OCC1c2ccccc2-c2ccccc21)N1CC2(C1)CC(O)(C(F)(F)F)C2. The third-order valence-corrected chi connectivity index (χ3v) is 6.51. The second kappa shape index (κ2) is 5.98. The van der Waals surface area contributed by atoms with Gasteiger partial charge in [0.2, 0.25) is 0 Å². The monoisotopic (exact) mass is 403 g/mol. The van der Waals surface area contributed by atoms with E-state index in [1.54, 1.807) is 0 Å². The topological polar surface area (TPSA) is 49.8 Å². The van der Waals surface area contributed by atoms with Crippen molar-refractivity contribution >= 4 is 6.09 Å². The van der Waals surface area contributed by atoms with Gasteiger partial charge in [0.25, 0.3) is 0 Å². The third-order valence-electron chi connectivity index (χ3n) is 6.51. The summed E-state index contributed by atoms with van der Waals surface area (Å²) in [7, 11) is 0. The first-order valence-corrected chi connectivity index (χ1v) is 9.61. The van der Waals surface area contributed by atoms with Gasteiger partial charge in [-0.25, -0.2) is 4.79 Å². The summed E-state index contributed by atoms with van der Waals surface area (Å²) in [6, 6.07) is 16.0. The molecular weight excluding hydrogens is 383 g/mol. The standard InChI is InChI=1S/C22H20F3NO3/c23-22(24,25)21(28)10-20(11-21)12-26(13-20)19(27)29-9-18-16-7-3-1-5-14(16)15-6-2-4-8-17(15)18/h1-8,18,28H,9-13H2. The number of nitrogens with zero attached hydrogens (tertiary/aromatic N) is 1. The maximum Gasteiger partial charge on any atom is 0.417 e. The van der Waals surface area contributed by atoms with Crippen molar-refractivity contribution in [3.63, 3.8) is 0 Å². The van der Waals surface area contributed by atoms with Crippen LogP contribution in [0.25, 0.3) is 11.1 Å². The van der Waals surface area contributed by atoms with E-state index in [4.69, 9.17) is 4.74 Å². The second-order valence-corrected chi connectivity index (χ2v) is 8.54. The van der Waals surface area contributed by atoms with E-state index < -0.39 is 23.3 Å². The molecule has 1 saturated heterocycles. The minimum absolute atomic E-state index is 0.0550. The van der Waals surface area contributed by atoms with E-state index in [-0.39, 0.29) is 38.5 Å². The van der Waals surface area contributed by atoms with Gasteiger partial charge in [0, 0.05) is 24.4 Å². The number of benzene rings is 2. The number of amides is 1. The summed E-state index contributed by atoms with van der Waals surface area (Å²) in [4.78, 5) is 13.8. The second-order valence-electron chi connectivity index (χ2n) is 8.54. The molecule has 0 unspecified atom stereocenters. The first kappa shape index (κ1) is 18.5. The zero-order valence-electron chi connectivity index (χ0n) is 15.6. The Morgan fingerprint density at radius 3 is 2.07 bits per heavy atom. The van der Waals surface area contributed by atoms with E-state index in [1.165, 1.54) is 4.90 Å². The fourth-order valence-corrected chi connectivity index (χ4v) is 5.19. The van der Waals surface area contributed by atoms with Gasteiger partial charge in [-0.2, -0.15) is 13.2 Å². The molecule has 1 spiro atoms. The van der Waals surface area contributed by atoms with Crippen molar-refractivity contribution < 1.29 is 27.8 Å². The highest BCUT2D eigenvalue weighted by molar-refractivity contribution is 5.79. The Bertz CT molecular complexity index is 928. The number of hydrogen-bond donors (Lipinski definition) is 1. The molecule has 152 valence electrons.